The maximum atomic E-state index is 12.0. The molecule has 0 amide bonds. The number of ether oxygens (including phenoxy) is 1. The highest BCUT2D eigenvalue weighted by atomic mass is 16.5. The van der Waals surface area contributed by atoms with Crippen molar-refractivity contribution in [3.63, 3.8) is 0 Å². The SMILES string of the molecule is CCCCCCc1ccc(Oc2ccccc2)c(=O)[nH]1. The Bertz CT molecular complexity index is 575. The fourth-order valence-electron chi connectivity index (χ4n) is 2.08. The van der Waals surface area contributed by atoms with Crippen LogP contribution in [0.1, 0.15) is 38.3 Å². The number of pyridine rings is 1. The zero-order valence-electron chi connectivity index (χ0n) is 11.9. The van der Waals surface area contributed by atoms with Crippen molar-refractivity contribution in [2.24, 2.45) is 0 Å². The third-order valence-corrected chi connectivity index (χ3v) is 3.20. The number of rotatable bonds is 7. The first-order valence-corrected chi connectivity index (χ1v) is 7.24. The van der Waals surface area contributed by atoms with Crippen molar-refractivity contribution in [3.05, 3.63) is 58.5 Å². The first-order valence-electron chi connectivity index (χ1n) is 7.24. The van der Waals surface area contributed by atoms with Gasteiger partial charge in [-0.15, -0.1) is 0 Å². The molecule has 0 radical (unpaired) electrons. The molecule has 1 N–H and O–H groups in total. The number of benzene rings is 1. The normalized spacial score (nSPS) is 10.4. The van der Waals surface area contributed by atoms with Crippen molar-refractivity contribution < 1.29 is 4.74 Å². The van der Waals surface area contributed by atoms with Crippen LogP contribution in [0, 0.1) is 0 Å². The first-order chi connectivity index (χ1) is 9.79. The Morgan fingerprint density at radius 3 is 2.50 bits per heavy atom. The van der Waals surface area contributed by atoms with Gasteiger partial charge < -0.3 is 9.72 Å². The minimum absolute atomic E-state index is 0.165. The highest BCUT2D eigenvalue weighted by Gasteiger charge is 2.03. The Kier molecular flexibility index (Phi) is 5.42. The minimum Gasteiger partial charge on any atom is -0.452 e. The Balaban J connectivity index is 1.97. The van der Waals surface area contributed by atoms with Gasteiger partial charge in [0.15, 0.2) is 5.75 Å². The molecule has 0 aliphatic carbocycles. The van der Waals surface area contributed by atoms with E-state index in [2.05, 4.69) is 11.9 Å². The fourth-order valence-corrected chi connectivity index (χ4v) is 2.08. The van der Waals surface area contributed by atoms with Gasteiger partial charge in [-0.05, 0) is 37.1 Å². The molecule has 0 atom stereocenters. The van der Waals surface area contributed by atoms with E-state index >= 15 is 0 Å². The molecule has 2 rings (SSSR count). The molecule has 0 fully saturated rings. The predicted molar refractivity (Wildman–Crippen MR) is 81.4 cm³/mol. The summed E-state index contributed by atoms with van der Waals surface area (Å²) < 4.78 is 5.56. The van der Waals surface area contributed by atoms with Gasteiger partial charge in [-0.3, -0.25) is 4.79 Å². The molecule has 0 saturated heterocycles. The van der Waals surface area contributed by atoms with E-state index in [0.717, 1.165) is 18.5 Å². The smallest absolute Gasteiger partial charge is 0.291 e. The number of hydrogen-bond donors (Lipinski definition) is 1. The van der Waals surface area contributed by atoms with Gasteiger partial charge in [0, 0.05) is 5.69 Å². The molecule has 106 valence electrons. The van der Waals surface area contributed by atoms with E-state index in [9.17, 15) is 4.79 Å². The molecule has 0 aliphatic rings. The third-order valence-electron chi connectivity index (χ3n) is 3.20. The summed E-state index contributed by atoms with van der Waals surface area (Å²) in [5.41, 5.74) is 0.813. The number of nitrogens with one attached hydrogen (secondary N) is 1. The van der Waals surface area contributed by atoms with Gasteiger partial charge in [-0.2, -0.15) is 0 Å². The van der Waals surface area contributed by atoms with Crippen molar-refractivity contribution >= 4 is 0 Å². The molecular formula is C17H21NO2. The molecule has 1 aromatic heterocycles. The minimum atomic E-state index is -0.165. The fraction of sp³-hybridized carbons (Fsp3) is 0.353. The van der Waals surface area contributed by atoms with Gasteiger partial charge in [0.25, 0.3) is 5.56 Å². The first kappa shape index (κ1) is 14.4. The number of para-hydroxylation sites is 1. The molecule has 0 saturated carbocycles. The summed E-state index contributed by atoms with van der Waals surface area (Å²) >= 11 is 0. The summed E-state index contributed by atoms with van der Waals surface area (Å²) in [5.74, 6) is 1.02. The van der Waals surface area contributed by atoms with Crippen LogP contribution >= 0.6 is 0 Å². The lowest BCUT2D eigenvalue weighted by Crippen LogP contribution is -2.10. The number of aromatic amines is 1. The summed E-state index contributed by atoms with van der Waals surface area (Å²) in [6, 6.07) is 13.0. The summed E-state index contributed by atoms with van der Waals surface area (Å²) in [4.78, 5) is 14.8. The summed E-state index contributed by atoms with van der Waals surface area (Å²) in [6.07, 6.45) is 5.71. The number of hydrogen-bond acceptors (Lipinski definition) is 2. The maximum absolute atomic E-state index is 12.0. The molecule has 20 heavy (non-hydrogen) atoms. The second-order valence-electron chi connectivity index (χ2n) is 4.90. The second kappa shape index (κ2) is 7.53. The standard InChI is InChI=1S/C17H21NO2/c1-2-3-4-6-9-14-12-13-16(17(19)18-14)20-15-10-7-5-8-11-15/h5,7-8,10-13H,2-4,6,9H2,1H3,(H,18,19). The zero-order chi connectivity index (χ0) is 14.2. The Hall–Kier alpha value is -2.03. The summed E-state index contributed by atoms with van der Waals surface area (Å²) in [6.45, 7) is 2.19. The van der Waals surface area contributed by atoms with Crippen molar-refractivity contribution in [2.45, 2.75) is 39.0 Å². The van der Waals surface area contributed by atoms with Crippen LogP contribution in [0.2, 0.25) is 0 Å². The van der Waals surface area contributed by atoms with Crippen LogP contribution < -0.4 is 10.3 Å². The topological polar surface area (TPSA) is 42.1 Å². The average Bonchev–Trinajstić information content (AvgIpc) is 2.47. The van der Waals surface area contributed by atoms with E-state index in [0.29, 0.717) is 11.5 Å². The van der Waals surface area contributed by atoms with Gasteiger partial charge >= 0.3 is 0 Å². The predicted octanol–water partition coefficient (Wildman–Crippen LogP) is 4.29. The molecule has 0 spiro atoms. The molecular weight excluding hydrogens is 250 g/mol. The van der Waals surface area contributed by atoms with Crippen LogP contribution in [0.4, 0.5) is 0 Å². The monoisotopic (exact) mass is 271 g/mol. The van der Waals surface area contributed by atoms with Crippen molar-refractivity contribution in [2.75, 3.05) is 0 Å². The van der Waals surface area contributed by atoms with E-state index in [1.165, 1.54) is 19.3 Å². The molecule has 3 heteroatoms. The van der Waals surface area contributed by atoms with Crippen LogP contribution in [0.15, 0.2) is 47.3 Å². The number of aryl methyl sites for hydroxylation is 1. The van der Waals surface area contributed by atoms with E-state index in [4.69, 9.17) is 4.74 Å². The summed E-state index contributed by atoms with van der Waals surface area (Å²) in [7, 11) is 0. The molecule has 0 aliphatic heterocycles. The van der Waals surface area contributed by atoms with Crippen LogP contribution in [-0.4, -0.2) is 4.98 Å². The quantitative estimate of drug-likeness (QED) is 0.763. The Morgan fingerprint density at radius 2 is 1.80 bits per heavy atom. The highest BCUT2D eigenvalue weighted by Crippen LogP contribution is 2.17. The van der Waals surface area contributed by atoms with Gasteiger partial charge in [0.2, 0.25) is 0 Å². The lowest BCUT2D eigenvalue weighted by molar-refractivity contribution is 0.474. The van der Waals surface area contributed by atoms with Gasteiger partial charge in [-0.25, -0.2) is 0 Å². The van der Waals surface area contributed by atoms with Crippen molar-refractivity contribution in [1.29, 1.82) is 0 Å². The van der Waals surface area contributed by atoms with Crippen LogP contribution in [0.5, 0.6) is 11.5 Å². The molecule has 0 bridgehead atoms. The molecule has 3 nitrogen and oxygen atoms in total. The second-order valence-corrected chi connectivity index (χ2v) is 4.90. The number of aromatic nitrogens is 1. The van der Waals surface area contributed by atoms with Crippen LogP contribution in [0.3, 0.4) is 0 Å². The maximum Gasteiger partial charge on any atom is 0.291 e. The average molecular weight is 271 g/mol. The third kappa shape index (κ3) is 4.26. The van der Waals surface area contributed by atoms with Crippen molar-refractivity contribution in [1.82, 2.24) is 4.98 Å². The van der Waals surface area contributed by atoms with E-state index in [-0.39, 0.29) is 5.56 Å². The zero-order valence-corrected chi connectivity index (χ0v) is 11.9. The number of unbranched alkanes of at least 4 members (excludes halogenated alkanes) is 3. The van der Waals surface area contributed by atoms with Gasteiger partial charge in [0.1, 0.15) is 5.75 Å². The molecule has 1 heterocycles. The van der Waals surface area contributed by atoms with E-state index in [1.54, 1.807) is 6.07 Å². The van der Waals surface area contributed by atoms with E-state index in [1.807, 2.05) is 36.4 Å². The number of H-pyrrole nitrogens is 1. The largest absolute Gasteiger partial charge is 0.452 e. The lowest BCUT2D eigenvalue weighted by atomic mass is 10.1. The molecule has 2 aromatic rings. The van der Waals surface area contributed by atoms with Crippen molar-refractivity contribution in [3.8, 4) is 11.5 Å². The van der Waals surface area contributed by atoms with Gasteiger partial charge in [-0.1, -0.05) is 44.4 Å². The Morgan fingerprint density at radius 1 is 1.00 bits per heavy atom. The lowest BCUT2D eigenvalue weighted by Gasteiger charge is -2.06. The van der Waals surface area contributed by atoms with E-state index < -0.39 is 0 Å². The highest BCUT2D eigenvalue weighted by molar-refractivity contribution is 5.29. The van der Waals surface area contributed by atoms with Crippen LogP contribution in [0.25, 0.3) is 0 Å². The molecule has 0 unspecified atom stereocenters. The van der Waals surface area contributed by atoms with Crippen LogP contribution in [-0.2, 0) is 6.42 Å². The molecule has 1 aromatic carbocycles. The van der Waals surface area contributed by atoms with Gasteiger partial charge in [0.05, 0.1) is 0 Å². The summed E-state index contributed by atoms with van der Waals surface area (Å²) in [5, 5.41) is 0. The Labute approximate surface area is 119 Å².